The van der Waals surface area contributed by atoms with Gasteiger partial charge in [0.25, 0.3) is 0 Å². The maximum absolute atomic E-state index is 11.1. The Hall–Kier alpha value is -2.16. The van der Waals surface area contributed by atoms with Gasteiger partial charge in [-0.1, -0.05) is 6.92 Å². The molecular weight excluding hydrogens is 286 g/mol. The highest BCUT2D eigenvalue weighted by Gasteiger charge is 2.24. The Morgan fingerprint density at radius 3 is 1.67 bits per heavy atom. The molecule has 0 radical (unpaired) electrons. The summed E-state index contributed by atoms with van der Waals surface area (Å²) >= 11 is 0. The molecule has 0 saturated heterocycles. The second-order valence-corrected chi connectivity index (χ2v) is 5.15. The predicted molar refractivity (Wildman–Crippen MR) is 70.6 cm³/mol. The highest BCUT2D eigenvalue weighted by Crippen LogP contribution is 2.06. The van der Waals surface area contributed by atoms with Crippen LogP contribution in [0.3, 0.4) is 0 Å². The van der Waals surface area contributed by atoms with E-state index >= 15 is 0 Å². The van der Waals surface area contributed by atoms with Crippen LogP contribution >= 0.6 is 0 Å². The van der Waals surface area contributed by atoms with Crippen LogP contribution < -0.4 is 0 Å². The average Bonchev–Trinajstić information content (AvgIpc) is 2.26. The fourth-order valence-corrected chi connectivity index (χ4v) is 1.22. The monoisotopic (exact) mass is 308 g/mol. The van der Waals surface area contributed by atoms with E-state index in [1.807, 2.05) is 21.1 Å². The van der Waals surface area contributed by atoms with Gasteiger partial charge in [0.05, 0.1) is 27.6 Å². The smallest absolute Gasteiger partial charge is 0.414 e. The van der Waals surface area contributed by atoms with E-state index in [9.17, 15) is 9.59 Å². The van der Waals surface area contributed by atoms with Crippen molar-refractivity contribution in [3.05, 3.63) is 0 Å². The summed E-state index contributed by atoms with van der Waals surface area (Å²) < 4.78 is 5.62. The number of carboxylic acids is 3. The maximum Gasteiger partial charge on any atom is 0.414 e. The second kappa shape index (κ2) is 9.70. The minimum atomic E-state index is -1.82. The summed E-state index contributed by atoms with van der Waals surface area (Å²) in [6, 6.07) is 0. The molecule has 0 aromatic carbocycles. The standard InChI is InChI=1S/C10H19NO4.C2H2O4/c1-5-10(14)15-8(6-9(12)13)7-11(2,3)4;3-1(4)2(5)6/h8H,5-7H2,1-4H3;(H,3,4)(H,5,6)/p+1/t8-;/m1./s1. The molecule has 0 spiro atoms. The van der Waals surface area contributed by atoms with Crippen LogP contribution in [0, 0.1) is 0 Å². The lowest BCUT2D eigenvalue weighted by molar-refractivity contribution is -0.873. The molecule has 0 unspecified atom stereocenters. The maximum atomic E-state index is 11.1. The lowest BCUT2D eigenvalue weighted by Crippen LogP contribution is -2.43. The minimum absolute atomic E-state index is 0.138. The summed E-state index contributed by atoms with van der Waals surface area (Å²) in [6.45, 7) is 2.18. The Bertz CT molecular complexity index is 373. The van der Waals surface area contributed by atoms with Crippen LogP contribution in [0.25, 0.3) is 0 Å². The summed E-state index contributed by atoms with van der Waals surface area (Å²) in [4.78, 5) is 39.8. The molecule has 0 aliphatic rings. The second-order valence-electron chi connectivity index (χ2n) is 5.15. The molecule has 0 saturated carbocycles. The Labute approximate surface area is 122 Å². The molecule has 0 aliphatic heterocycles. The number of ether oxygens (including phenoxy) is 1. The van der Waals surface area contributed by atoms with E-state index < -0.39 is 24.0 Å². The van der Waals surface area contributed by atoms with E-state index in [1.54, 1.807) is 6.92 Å². The molecule has 0 heterocycles. The summed E-state index contributed by atoms with van der Waals surface area (Å²) in [5.74, 6) is -4.95. The van der Waals surface area contributed by atoms with Gasteiger partial charge >= 0.3 is 23.9 Å². The molecule has 0 aliphatic carbocycles. The number of hydrogen-bond donors (Lipinski definition) is 3. The Kier molecular flexibility index (Phi) is 9.76. The molecule has 1 atom stereocenters. The van der Waals surface area contributed by atoms with Gasteiger partial charge in [0.1, 0.15) is 6.54 Å². The number of carbonyl (C=O) groups is 4. The van der Waals surface area contributed by atoms with E-state index in [-0.39, 0.29) is 18.8 Å². The number of rotatable bonds is 6. The van der Waals surface area contributed by atoms with E-state index in [0.717, 1.165) is 0 Å². The van der Waals surface area contributed by atoms with Crippen molar-refractivity contribution >= 4 is 23.9 Å². The van der Waals surface area contributed by atoms with Crippen LogP contribution in [0.2, 0.25) is 0 Å². The molecule has 122 valence electrons. The number of likely N-dealkylation sites (N-methyl/N-ethyl adjacent to an activating group) is 1. The molecule has 0 amide bonds. The molecular formula is C12H22NO8+. The first kappa shape index (κ1) is 21.1. The van der Waals surface area contributed by atoms with Gasteiger partial charge in [-0.3, -0.25) is 9.59 Å². The van der Waals surface area contributed by atoms with Crippen molar-refractivity contribution in [2.75, 3.05) is 27.7 Å². The summed E-state index contributed by atoms with van der Waals surface area (Å²) in [5, 5.41) is 23.5. The third-order valence-corrected chi connectivity index (χ3v) is 1.92. The average molecular weight is 308 g/mol. The topological polar surface area (TPSA) is 138 Å². The molecule has 0 bridgehead atoms. The molecule has 3 N–H and O–H groups in total. The van der Waals surface area contributed by atoms with Gasteiger partial charge in [-0.05, 0) is 0 Å². The number of nitrogens with zero attached hydrogens (tertiary/aromatic N) is 1. The van der Waals surface area contributed by atoms with Crippen LogP contribution in [-0.2, 0) is 23.9 Å². The molecule has 9 heteroatoms. The van der Waals surface area contributed by atoms with Crippen molar-refractivity contribution < 1.29 is 43.7 Å². The highest BCUT2D eigenvalue weighted by atomic mass is 16.5. The number of quaternary nitrogens is 1. The van der Waals surface area contributed by atoms with Crippen molar-refractivity contribution in [3.63, 3.8) is 0 Å². The van der Waals surface area contributed by atoms with Crippen LogP contribution in [-0.4, -0.2) is 77.5 Å². The predicted octanol–water partition coefficient (Wildman–Crippen LogP) is -0.355. The van der Waals surface area contributed by atoms with Gasteiger partial charge in [0, 0.05) is 6.42 Å². The zero-order valence-corrected chi connectivity index (χ0v) is 12.5. The van der Waals surface area contributed by atoms with Gasteiger partial charge in [-0.25, -0.2) is 9.59 Å². The number of carboxylic acid groups (broad SMARTS) is 3. The molecule has 21 heavy (non-hydrogen) atoms. The summed E-state index contributed by atoms with van der Waals surface area (Å²) in [6.07, 6.45) is -0.413. The number of carbonyl (C=O) groups excluding carboxylic acids is 1. The van der Waals surface area contributed by atoms with Gasteiger partial charge in [-0.15, -0.1) is 0 Å². The van der Waals surface area contributed by atoms with Crippen LogP contribution in [0.15, 0.2) is 0 Å². The van der Waals surface area contributed by atoms with E-state index in [4.69, 9.17) is 29.6 Å². The first-order valence-corrected chi connectivity index (χ1v) is 6.07. The fraction of sp³-hybridized carbons (Fsp3) is 0.667. The number of aliphatic carboxylic acids is 3. The zero-order chi connectivity index (χ0) is 17.2. The Morgan fingerprint density at radius 1 is 1.00 bits per heavy atom. The van der Waals surface area contributed by atoms with Crippen molar-refractivity contribution in [2.45, 2.75) is 25.9 Å². The fourth-order valence-electron chi connectivity index (χ4n) is 1.22. The van der Waals surface area contributed by atoms with E-state index in [2.05, 4.69) is 0 Å². The number of esters is 1. The largest absolute Gasteiger partial charge is 0.481 e. The summed E-state index contributed by atoms with van der Waals surface area (Å²) in [7, 11) is 5.78. The van der Waals surface area contributed by atoms with Gasteiger partial charge < -0.3 is 24.5 Å². The van der Waals surface area contributed by atoms with Gasteiger partial charge in [0.2, 0.25) is 0 Å². The third-order valence-electron chi connectivity index (χ3n) is 1.92. The quantitative estimate of drug-likeness (QED) is 0.343. The van der Waals surface area contributed by atoms with E-state index in [1.165, 1.54) is 0 Å². The lowest BCUT2D eigenvalue weighted by Gasteiger charge is -2.28. The Morgan fingerprint density at radius 2 is 1.43 bits per heavy atom. The van der Waals surface area contributed by atoms with Crippen LogP contribution in [0.1, 0.15) is 19.8 Å². The SMILES string of the molecule is CCC(=O)O[C@H](CC(=O)O)C[N+](C)(C)C.O=C(O)C(=O)O. The minimum Gasteiger partial charge on any atom is -0.481 e. The first-order valence-electron chi connectivity index (χ1n) is 6.07. The lowest BCUT2D eigenvalue weighted by atomic mass is 10.2. The van der Waals surface area contributed by atoms with Gasteiger partial charge in [-0.2, -0.15) is 0 Å². The summed E-state index contributed by atoms with van der Waals surface area (Å²) in [5.41, 5.74) is 0. The number of hydrogen-bond acceptors (Lipinski definition) is 5. The van der Waals surface area contributed by atoms with Crippen LogP contribution in [0.5, 0.6) is 0 Å². The van der Waals surface area contributed by atoms with E-state index in [0.29, 0.717) is 11.0 Å². The van der Waals surface area contributed by atoms with Crippen molar-refractivity contribution in [1.82, 2.24) is 0 Å². The van der Waals surface area contributed by atoms with Crippen molar-refractivity contribution in [1.29, 1.82) is 0 Å². The normalized spacial score (nSPS) is 11.6. The third kappa shape index (κ3) is 15.8. The first-order chi connectivity index (χ1) is 9.38. The van der Waals surface area contributed by atoms with Crippen molar-refractivity contribution in [2.24, 2.45) is 0 Å². The van der Waals surface area contributed by atoms with Crippen molar-refractivity contribution in [3.8, 4) is 0 Å². The Balaban J connectivity index is 0. The zero-order valence-electron chi connectivity index (χ0n) is 12.5. The highest BCUT2D eigenvalue weighted by molar-refractivity contribution is 6.27. The molecule has 9 nitrogen and oxygen atoms in total. The molecule has 0 aromatic heterocycles. The molecule has 0 aromatic rings. The molecule has 0 fully saturated rings. The van der Waals surface area contributed by atoms with Gasteiger partial charge in [0.15, 0.2) is 6.10 Å². The van der Waals surface area contributed by atoms with Crippen LogP contribution in [0.4, 0.5) is 0 Å². The molecule has 0 rings (SSSR count).